The van der Waals surface area contributed by atoms with Gasteiger partial charge in [-0.25, -0.2) is 0 Å². The monoisotopic (exact) mass is 429 g/mol. The number of carbonyl (C=O) groups excluding carboxylic acids is 2. The van der Waals surface area contributed by atoms with E-state index in [0.29, 0.717) is 19.5 Å². The Balaban J connectivity index is 1.15. The number of carbonyl (C=O) groups is 2. The third-order valence-electron chi connectivity index (χ3n) is 6.98. The number of aryl methyl sites for hydroxylation is 3. The Bertz CT molecular complexity index is 1110. The van der Waals surface area contributed by atoms with Gasteiger partial charge in [0.1, 0.15) is 0 Å². The molecule has 0 bridgehead atoms. The van der Waals surface area contributed by atoms with Gasteiger partial charge >= 0.3 is 0 Å². The molecular weight excluding hydrogens is 398 g/mol. The zero-order chi connectivity index (χ0) is 21.9. The highest BCUT2D eigenvalue weighted by Gasteiger charge is 2.25. The molecule has 1 aliphatic heterocycles. The van der Waals surface area contributed by atoms with E-state index in [1.807, 2.05) is 29.2 Å². The molecular formula is C27H31N3O2. The van der Waals surface area contributed by atoms with E-state index in [2.05, 4.69) is 34.6 Å². The fourth-order valence-electron chi connectivity index (χ4n) is 5.15. The van der Waals surface area contributed by atoms with E-state index in [-0.39, 0.29) is 17.9 Å². The Kier molecular flexibility index (Phi) is 5.97. The predicted molar refractivity (Wildman–Crippen MR) is 127 cm³/mol. The molecule has 2 heterocycles. The average molecular weight is 430 g/mol. The molecule has 0 saturated carbocycles. The van der Waals surface area contributed by atoms with Crippen molar-refractivity contribution < 1.29 is 9.59 Å². The number of rotatable bonds is 5. The minimum absolute atomic E-state index is 0.0984. The molecule has 5 rings (SSSR count). The van der Waals surface area contributed by atoms with Crippen LogP contribution in [-0.2, 0) is 24.1 Å². The lowest BCUT2D eigenvalue weighted by Gasteiger charge is -2.32. The van der Waals surface area contributed by atoms with Gasteiger partial charge in [0.2, 0.25) is 5.91 Å². The molecule has 0 atom stereocenters. The van der Waals surface area contributed by atoms with Gasteiger partial charge in [-0.1, -0.05) is 30.3 Å². The topological polar surface area (TPSA) is 65.2 Å². The van der Waals surface area contributed by atoms with Gasteiger partial charge < -0.3 is 15.2 Å². The van der Waals surface area contributed by atoms with Gasteiger partial charge in [-0.2, -0.15) is 0 Å². The molecule has 2 aromatic carbocycles. The van der Waals surface area contributed by atoms with Crippen molar-refractivity contribution in [2.45, 2.75) is 57.4 Å². The summed E-state index contributed by atoms with van der Waals surface area (Å²) in [6.07, 6.45) is 7.56. The summed E-state index contributed by atoms with van der Waals surface area (Å²) in [5.41, 5.74) is 5.85. The SMILES string of the molecule is O=C(CCc1ccccc1)NC1CCN(C(=O)c2ccc3[nH]c4c(c3c2)CCCC4)CC1. The molecule has 0 radical (unpaired) electrons. The van der Waals surface area contributed by atoms with Crippen molar-refractivity contribution in [1.29, 1.82) is 0 Å². The zero-order valence-corrected chi connectivity index (χ0v) is 18.5. The van der Waals surface area contributed by atoms with Gasteiger partial charge in [0.15, 0.2) is 0 Å². The number of piperidine rings is 1. The summed E-state index contributed by atoms with van der Waals surface area (Å²) in [5.74, 6) is 0.202. The van der Waals surface area contributed by atoms with Crippen molar-refractivity contribution >= 4 is 22.7 Å². The summed E-state index contributed by atoms with van der Waals surface area (Å²) in [4.78, 5) is 31.0. The number of H-pyrrole nitrogens is 1. The van der Waals surface area contributed by atoms with Crippen LogP contribution in [0.15, 0.2) is 48.5 Å². The van der Waals surface area contributed by atoms with E-state index in [1.165, 1.54) is 35.0 Å². The number of hydrogen-bond donors (Lipinski definition) is 2. The van der Waals surface area contributed by atoms with Crippen LogP contribution in [0.1, 0.15) is 59.3 Å². The fourth-order valence-corrected chi connectivity index (χ4v) is 5.15. The highest BCUT2D eigenvalue weighted by atomic mass is 16.2. The molecule has 1 saturated heterocycles. The lowest BCUT2D eigenvalue weighted by atomic mass is 9.95. The third-order valence-corrected chi connectivity index (χ3v) is 6.98. The quantitative estimate of drug-likeness (QED) is 0.631. The number of amides is 2. The second-order valence-corrected chi connectivity index (χ2v) is 9.17. The fraction of sp³-hybridized carbons (Fsp3) is 0.407. The molecule has 32 heavy (non-hydrogen) atoms. The Hall–Kier alpha value is -3.08. The van der Waals surface area contributed by atoms with Crippen molar-refractivity contribution in [3.8, 4) is 0 Å². The van der Waals surface area contributed by atoms with Crippen molar-refractivity contribution in [3.63, 3.8) is 0 Å². The molecule has 1 aliphatic carbocycles. The molecule has 2 N–H and O–H groups in total. The standard InChI is InChI=1S/C27H31N3O2/c31-26(13-10-19-6-2-1-3-7-19)28-21-14-16-30(17-15-21)27(32)20-11-12-25-23(18-20)22-8-4-5-9-24(22)29-25/h1-3,6-7,11-12,18,21,29H,4-5,8-10,13-17H2,(H,28,31). The lowest BCUT2D eigenvalue weighted by molar-refractivity contribution is -0.122. The van der Waals surface area contributed by atoms with E-state index in [1.54, 1.807) is 0 Å². The second kappa shape index (κ2) is 9.19. The van der Waals surface area contributed by atoms with Crippen LogP contribution in [0.3, 0.4) is 0 Å². The number of aromatic nitrogens is 1. The van der Waals surface area contributed by atoms with Crippen molar-refractivity contribution in [1.82, 2.24) is 15.2 Å². The smallest absolute Gasteiger partial charge is 0.253 e. The Labute approximate surface area is 189 Å². The number of hydrogen-bond acceptors (Lipinski definition) is 2. The number of nitrogens with one attached hydrogen (secondary N) is 2. The van der Waals surface area contributed by atoms with Gasteiger partial charge in [0, 0.05) is 47.7 Å². The van der Waals surface area contributed by atoms with Crippen LogP contribution >= 0.6 is 0 Å². The maximum absolute atomic E-state index is 13.1. The number of nitrogens with zero attached hydrogens (tertiary/aromatic N) is 1. The second-order valence-electron chi connectivity index (χ2n) is 9.17. The third kappa shape index (κ3) is 4.43. The van der Waals surface area contributed by atoms with Gasteiger partial charge in [0.25, 0.3) is 5.91 Å². The molecule has 1 aromatic heterocycles. The maximum atomic E-state index is 13.1. The lowest BCUT2D eigenvalue weighted by Crippen LogP contribution is -2.46. The molecule has 3 aromatic rings. The van der Waals surface area contributed by atoms with Gasteiger partial charge in [0.05, 0.1) is 0 Å². The minimum Gasteiger partial charge on any atom is -0.358 e. The molecule has 0 unspecified atom stereocenters. The molecule has 2 aliphatic rings. The Morgan fingerprint density at radius 2 is 1.78 bits per heavy atom. The van der Waals surface area contributed by atoms with Crippen LogP contribution in [0.25, 0.3) is 10.9 Å². The first-order valence-corrected chi connectivity index (χ1v) is 11.9. The van der Waals surface area contributed by atoms with Crippen LogP contribution < -0.4 is 5.32 Å². The summed E-state index contributed by atoms with van der Waals surface area (Å²) in [7, 11) is 0. The summed E-state index contributed by atoms with van der Waals surface area (Å²) in [6.45, 7) is 1.37. The van der Waals surface area contributed by atoms with Crippen molar-refractivity contribution in [2.24, 2.45) is 0 Å². The molecule has 5 heteroatoms. The van der Waals surface area contributed by atoms with E-state index >= 15 is 0 Å². The minimum atomic E-state index is 0.0984. The van der Waals surface area contributed by atoms with E-state index in [4.69, 9.17) is 0 Å². The molecule has 5 nitrogen and oxygen atoms in total. The largest absolute Gasteiger partial charge is 0.358 e. The van der Waals surface area contributed by atoms with Crippen LogP contribution in [0.2, 0.25) is 0 Å². The van der Waals surface area contributed by atoms with Gasteiger partial charge in [-0.3, -0.25) is 9.59 Å². The maximum Gasteiger partial charge on any atom is 0.253 e. The summed E-state index contributed by atoms with van der Waals surface area (Å²) in [5, 5.41) is 4.38. The highest BCUT2D eigenvalue weighted by molar-refractivity contribution is 5.99. The normalized spacial score (nSPS) is 16.7. The number of likely N-dealkylation sites (tertiary alicyclic amines) is 1. The molecule has 166 valence electrons. The number of fused-ring (bicyclic) bond motifs is 3. The average Bonchev–Trinajstić information content (AvgIpc) is 3.21. The molecule has 0 spiro atoms. The van der Waals surface area contributed by atoms with Crippen LogP contribution in [-0.4, -0.2) is 40.8 Å². The van der Waals surface area contributed by atoms with E-state index in [9.17, 15) is 9.59 Å². The Morgan fingerprint density at radius 1 is 1.00 bits per heavy atom. The van der Waals surface area contributed by atoms with Crippen LogP contribution in [0.4, 0.5) is 0 Å². The Morgan fingerprint density at radius 3 is 2.59 bits per heavy atom. The first-order valence-electron chi connectivity index (χ1n) is 11.9. The predicted octanol–water partition coefficient (Wildman–Crippen LogP) is 4.40. The van der Waals surface area contributed by atoms with E-state index in [0.717, 1.165) is 43.2 Å². The summed E-state index contributed by atoms with van der Waals surface area (Å²) >= 11 is 0. The highest BCUT2D eigenvalue weighted by Crippen LogP contribution is 2.30. The number of aromatic amines is 1. The van der Waals surface area contributed by atoms with Crippen molar-refractivity contribution in [3.05, 3.63) is 70.9 Å². The first kappa shape index (κ1) is 20.8. The summed E-state index contributed by atoms with van der Waals surface area (Å²) < 4.78 is 0. The van der Waals surface area contributed by atoms with E-state index < -0.39 is 0 Å². The van der Waals surface area contributed by atoms with Gasteiger partial charge in [-0.15, -0.1) is 0 Å². The summed E-state index contributed by atoms with van der Waals surface area (Å²) in [6, 6.07) is 16.3. The molecule has 1 fully saturated rings. The van der Waals surface area contributed by atoms with Crippen LogP contribution in [0.5, 0.6) is 0 Å². The van der Waals surface area contributed by atoms with Crippen molar-refractivity contribution in [2.75, 3.05) is 13.1 Å². The number of benzene rings is 2. The zero-order valence-electron chi connectivity index (χ0n) is 18.5. The van der Waals surface area contributed by atoms with Crippen LogP contribution in [0, 0.1) is 0 Å². The first-order chi connectivity index (χ1) is 15.7. The van der Waals surface area contributed by atoms with Gasteiger partial charge in [-0.05, 0) is 74.3 Å². The molecule has 2 amide bonds.